The lowest BCUT2D eigenvalue weighted by Gasteiger charge is -2.07. The van der Waals surface area contributed by atoms with Crippen molar-refractivity contribution < 1.29 is 4.79 Å². The van der Waals surface area contributed by atoms with Crippen molar-refractivity contribution in [1.82, 2.24) is 10.2 Å². The van der Waals surface area contributed by atoms with Crippen molar-refractivity contribution in [3.63, 3.8) is 0 Å². The number of guanidine groups is 1. The van der Waals surface area contributed by atoms with Gasteiger partial charge in [0.1, 0.15) is 5.69 Å². The van der Waals surface area contributed by atoms with Gasteiger partial charge >= 0.3 is 0 Å². The van der Waals surface area contributed by atoms with Gasteiger partial charge in [-0.2, -0.15) is 5.10 Å². The highest BCUT2D eigenvalue weighted by atomic mass is 35.5. The number of fused-ring (bicyclic) bond motifs is 1. The van der Waals surface area contributed by atoms with Gasteiger partial charge in [-0.3, -0.25) is 9.89 Å². The molecule has 0 fully saturated rings. The van der Waals surface area contributed by atoms with Gasteiger partial charge in [0.05, 0.1) is 11.4 Å². The highest BCUT2D eigenvalue weighted by Gasteiger charge is 2.12. The van der Waals surface area contributed by atoms with E-state index in [0.29, 0.717) is 17.1 Å². The standard InChI is InChI=1S/C21H18N6O.ClH/c22-21(23)24-15-10-8-14(9-11-15)18-12-19(27-26-18)20(28)25-17-7-3-5-13-4-1-2-6-16(13)17;/h1-12H,(H,25,28)(H,26,27)(H4,22,23,24);1H. The number of H-pyrrole nitrogens is 1. The Balaban J connectivity index is 0.00000240. The first-order chi connectivity index (χ1) is 13.6. The van der Waals surface area contributed by atoms with Crippen LogP contribution in [0.5, 0.6) is 0 Å². The smallest absolute Gasteiger partial charge is 0.273 e. The lowest BCUT2D eigenvalue weighted by atomic mass is 10.1. The van der Waals surface area contributed by atoms with Crippen molar-refractivity contribution in [2.75, 3.05) is 5.32 Å². The van der Waals surface area contributed by atoms with Crippen molar-refractivity contribution in [3.8, 4) is 11.3 Å². The van der Waals surface area contributed by atoms with Gasteiger partial charge in [-0.15, -0.1) is 12.4 Å². The van der Waals surface area contributed by atoms with Gasteiger partial charge in [-0.1, -0.05) is 48.5 Å². The minimum atomic E-state index is -0.257. The summed E-state index contributed by atoms with van der Waals surface area (Å²) >= 11 is 0. The van der Waals surface area contributed by atoms with Gasteiger partial charge in [-0.05, 0) is 29.7 Å². The molecule has 0 aliphatic heterocycles. The van der Waals surface area contributed by atoms with Crippen LogP contribution in [-0.4, -0.2) is 22.1 Å². The molecule has 0 bridgehead atoms. The Kier molecular flexibility index (Phi) is 5.80. The van der Waals surface area contributed by atoms with Crippen molar-refractivity contribution in [3.05, 3.63) is 78.5 Å². The molecule has 146 valence electrons. The normalized spacial score (nSPS) is 10.2. The number of carbonyl (C=O) groups is 1. The molecule has 7 nitrogen and oxygen atoms in total. The van der Waals surface area contributed by atoms with Gasteiger partial charge in [0.15, 0.2) is 5.96 Å². The number of hydrogen-bond donors (Lipinski definition) is 4. The molecule has 0 unspecified atom stereocenters. The quantitative estimate of drug-likeness (QED) is 0.304. The van der Waals surface area contributed by atoms with Gasteiger partial charge in [0.2, 0.25) is 0 Å². The van der Waals surface area contributed by atoms with Gasteiger partial charge in [0.25, 0.3) is 5.91 Å². The summed E-state index contributed by atoms with van der Waals surface area (Å²) < 4.78 is 0. The summed E-state index contributed by atoms with van der Waals surface area (Å²) in [5, 5.41) is 12.0. The van der Waals surface area contributed by atoms with E-state index in [4.69, 9.17) is 11.5 Å². The number of nitrogens with one attached hydrogen (secondary N) is 2. The van der Waals surface area contributed by atoms with E-state index < -0.39 is 0 Å². The average Bonchev–Trinajstić information content (AvgIpc) is 3.19. The van der Waals surface area contributed by atoms with Crippen LogP contribution < -0.4 is 16.8 Å². The molecule has 0 saturated carbocycles. The Morgan fingerprint density at radius 3 is 2.45 bits per heavy atom. The second-order valence-corrected chi connectivity index (χ2v) is 6.23. The number of hydrogen-bond acceptors (Lipinski definition) is 3. The van der Waals surface area contributed by atoms with Crippen LogP contribution in [0, 0.1) is 0 Å². The highest BCUT2D eigenvalue weighted by molar-refractivity contribution is 6.08. The summed E-state index contributed by atoms with van der Waals surface area (Å²) in [6.07, 6.45) is 0. The summed E-state index contributed by atoms with van der Waals surface area (Å²) in [7, 11) is 0. The van der Waals surface area contributed by atoms with Crippen LogP contribution in [-0.2, 0) is 0 Å². The molecule has 1 aromatic heterocycles. The van der Waals surface area contributed by atoms with Crippen LogP contribution in [0.2, 0.25) is 0 Å². The Morgan fingerprint density at radius 2 is 1.69 bits per heavy atom. The Labute approximate surface area is 173 Å². The SMILES string of the molecule is Cl.NC(N)=Nc1ccc(-c2cc(C(=O)Nc3cccc4ccccc34)[nH]n2)cc1. The Hall–Kier alpha value is -3.84. The number of carbonyl (C=O) groups excluding carboxylic acids is 1. The molecule has 29 heavy (non-hydrogen) atoms. The molecule has 1 heterocycles. The Morgan fingerprint density at radius 1 is 0.966 bits per heavy atom. The number of nitrogens with zero attached hydrogens (tertiary/aromatic N) is 2. The summed E-state index contributed by atoms with van der Waals surface area (Å²) in [6, 6.07) is 22.6. The van der Waals surface area contributed by atoms with Crippen molar-refractivity contribution in [1.29, 1.82) is 0 Å². The second-order valence-electron chi connectivity index (χ2n) is 6.23. The topological polar surface area (TPSA) is 122 Å². The molecule has 0 atom stereocenters. The number of halogens is 1. The molecule has 0 spiro atoms. The molecular weight excluding hydrogens is 388 g/mol. The molecule has 0 radical (unpaired) electrons. The number of rotatable bonds is 4. The van der Waals surface area contributed by atoms with Crippen molar-refractivity contribution in [2.45, 2.75) is 0 Å². The largest absolute Gasteiger partial charge is 0.370 e. The third kappa shape index (κ3) is 4.36. The monoisotopic (exact) mass is 406 g/mol. The zero-order valence-corrected chi connectivity index (χ0v) is 16.1. The number of aromatic amines is 1. The molecule has 0 aliphatic rings. The van der Waals surface area contributed by atoms with Gasteiger partial charge in [0, 0.05) is 16.6 Å². The van der Waals surface area contributed by atoms with E-state index in [1.54, 1.807) is 18.2 Å². The highest BCUT2D eigenvalue weighted by Crippen LogP contribution is 2.25. The summed E-state index contributed by atoms with van der Waals surface area (Å²) in [4.78, 5) is 16.6. The second kappa shape index (κ2) is 8.45. The van der Waals surface area contributed by atoms with E-state index in [1.165, 1.54) is 0 Å². The fourth-order valence-electron chi connectivity index (χ4n) is 2.97. The van der Waals surface area contributed by atoms with E-state index in [0.717, 1.165) is 22.0 Å². The van der Waals surface area contributed by atoms with E-state index >= 15 is 0 Å². The summed E-state index contributed by atoms with van der Waals surface area (Å²) in [5.74, 6) is -0.257. The number of aliphatic imine (C=N–C) groups is 1. The van der Waals surface area contributed by atoms with Gasteiger partial charge < -0.3 is 16.8 Å². The van der Waals surface area contributed by atoms with Crippen LogP contribution >= 0.6 is 12.4 Å². The zero-order valence-electron chi connectivity index (χ0n) is 15.3. The maximum Gasteiger partial charge on any atom is 0.273 e. The minimum Gasteiger partial charge on any atom is -0.370 e. The minimum absolute atomic E-state index is 0. The molecule has 3 aromatic carbocycles. The zero-order chi connectivity index (χ0) is 19.5. The van der Waals surface area contributed by atoms with Crippen LogP contribution in [0.1, 0.15) is 10.5 Å². The number of benzene rings is 3. The maximum atomic E-state index is 12.6. The molecule has 0 saturated heterocycles. The number of aromatic nitrogens is 2. The van der Waals surface area contributed by atoms with Crippen molar-refractivity contribution >= 4 is 46.4 Å². The predicted octanol–water partition coefficient (Wildman–Crippen LogP) is 3.81. The van der Waals surface area contributed by atoms with E-state index in [9.17, 15) is 4.79 Å². The fourth-order valence-corrected chi connectivity index (χ4v) is 2.97. The first kappa shape index (κ1) is 19.9. The Bertz CT molecular complexity index is 1170. The third-order valence-corrected chi connectivity index (χ3v) is 4.28. The van der Waals surface area contributed by atoms with Crippen LogP contribution in [0.4, 0.5) is 11.4 Å². The number of nitrogens with two attached hydrogens (primary N) is 2. The molecule has 8 heteroatoms. The van der Waals surface area contributed by atoms with Crippen LogP contribution in [0.15, 0.2) is 77.8 Å². The van der Waals surface area contributed by atoms with Gasteiger partial charge in [-0.25, -0.2) is 4.99 Å². The van der Waals surface area contributed by atoms with E-state index in [-0.39, 0.29) is 24.3 Å². The molecule has 4 rings (SSSR count). The first-order valence-corrected chi connectivity index (χ1v) is 8.65. The van der Waals surface area contributed by atoms with Crippen LogP contribution in [0.25, 0.3) is 22.0 Å². The number of anilines is 1. The van der Waals surface area contributed by atoms with Crippen molar-refractivity contribution in [2.24, 2.45) is 16.5 Å². The third-order valence-electron chi connectivity index (χ3n) is 4.28. The molecule has 1 amide bonds. The maximum absolute atomic E-state index is 12.6. The molecule has 4 aromatic rings. The first-order valence-electron chi connectivity index (χ1n) is 8.65. The average molecular weight is 407 g/mol. The summed E-state index contributed by atoms with van der Waals surface area (Å²) in [5.41, 5.74) is 14.0. The number of amides is 1. The molecular formula is C21H19ClN6O. The van der Waals surface area contributed by atoms with Crippen LogP contribution in [0.3, 0.4) is 0 Å². The molecule has 0 aliphatic carbocycles. The lowest BCUT2D eigenvalue weighted by molar-refractivity contribution is 0.102. The lowest BCUT2D eigenvalue weighted by Crippen LogP contribution is -2.21. The van der Waals surface area contributed by atoms with E-state index in [2.05, 4.69) is 20.5 Å². The fraction of sp³-hybridized carbons (Fsp3) is 0. The molecule has 6 N–H and O–H groups in total. The van der Waals surface area contributed by atoms with E-state index in [1.807, 2.05) is 54.6 Å². The summed E-state index contributed by atoms with van der Waals surface area (Å²) in [6.45, 7) is 0. The predicted molar refractivity (Wildman–Crippen MR) is 119 cm³/mol.